The smallest absolute Gasteiger partial charge is 0.255 e. The Hall–Kier alpha value is -6.07. The summed E-state index contributed by atoms with van der Waals surface area (Å²) in [6.45, 7) is 0.708. The zero-order valence-electron chi connectivity index (χ0n) is 34.8. The van der Waals surface area contributed by atoms with Crippen LogP contribution in [0.4, 0.5) is 15.8 Å². The molecule has 4 aromatic rings. The molecule has 1 saturated carbocycles. The second-order valence-electron chi connectivity index (χ2n) is 17.2. The van der Waals surface area contributed by atoms with Crippen LogP contribution in [0.25, 0.3) is 0 Å². The lowest BCUT2D eigenvalue weighted by Gasteiger charge is -2.47. The topological polar surface area (TPSA) is 166 Å². The van der Waals surface area contributed by atoms with Gasteiger partial charge in [-0.2, -0.15) is 0 Å². The van der Waals surface area contributed by atoms with Gasteiger partial charge in [0.25, 0.3) is 11.8 Å². The van der Waals surface area contributed by atoms with Gasteiger partial charge in [-0.1, -0.05) is 78.7 Å². The third-order valence-corrected chi connectivity index (χ3v) is 14.0. The first-order valence-electron chi connectivity index (χ1n) is 21.6. The average Bonchev–Trinajstić information content (AvgIpc) is 3.87. The Morgan fingerprint density at radius 2 is 1.70 bits per heavy atom. The third-order valence-electron chi connectivity index (χ3n) is 13.5. The molecule has 3 fully saturated rings. The molecule has 4 aliphatic heterocycles. The third kappa shape index (κ3) is 7.61. The maximum atomic E-state index is 16.2. The van der Waals surface area contributed by atoms with Crippen molar-refractivity contribution in [3.8, 4) is 11.8 Å². The summed E-state index contributed by atoms with van der Waals surface area (Å²) in [4.78, 5) is 80.8. The molecule has 6 amide bonds. The lowest BCUT2D eigenvalue weighted by Crippen LogP contribution is -2.60. The summed E-state index contributed by atoms with van der Waals surface area (Å²) in [5.41, 5.74) is 2.20. The largest absolute Gasteiger partial charge is 0.352 e. The van der Waals surface area contributed by atoms with E-state index in [9.17, 15) is 28.8 Å². The Bertz CT molecular complexity index is 2680. The quantitative estimate of drug-likeness (QED) is 0.0690. The molecule has 4 aromatic carbocycles. The summed E-state index contributed by atoms with van der Waals surface area (Å²) in [6.07, 6.45) is 5.88. The first-order valence-corrected chi connectivity index (χ1v) is 22.4. The molecule has 328 valence electrons. The van der Waals surface area contributed by atoms with Crippen molar-refractivity contribution in [2.24, 2.45) is 0 Å². The minimum absolute atomic E-state index is 0.109. The number of imide groups is 1. The van der Waals surface area contributed by atoms with Crippen LogP contribution in [0.15, 0.2) is 78.9 Å². The molecule has 64 heavy (non-hydrogen) atoms. The number of carbonyl (C=O) groups excluding carboxylic acids is 6. The minimum Gasteiger partial charge on any atom is -0.352 e. The molecule has 2 saturated heterocycles. The predicted octanol–water partition coefficient (Wildman–Crippen LogP) is 6.94. The van der Waals surface area contributed by atoms with Crippen molar-refractivity contribution in [2.45, 2.75) is 99.7 Å². The van der Waals surface area contributed by atoms with Gasteiger partial charge in [0.05, 0.1) is 11.1 Å². The molecule has 12 nitrogen and oxygen atoms in total. The zero-order valence-corrected chi connectivity index (χ0v) is 36.3. The number of rotatable bonds is 9. The Labute approximate surface area is 379 Å². The lowest BCUT2D eigenvalue weighted by molar-refractivity contribution is -0.137. The number of benzene rings is 4. The van der Waals surface area contributed by atoms with Crippen molar-refractivity contribution in [3.63, 3.8) is 0 Å². The van der Waals surface area contributed by atoms with Crippen LogP contribution in [-0.4, -0.2) is 64.5 Å². The normalized spacial score (nSPS) is 23.0. The van der Waals surface area contributed by atoms with Crippen LogP contribution in [0.5, 0.6) is 0 Å². The number of fused-ring (bicyclic) bond motifs is 4. The van der Waals surface area contributed by atoms with Crippen LogP contribution in [0.2, 0.25) is 10.0 Å². The van der Waals surface area contributed by atoms with Gasteiger partial charge in [-0.25, -0.2) is 4.39 Å². The monoisotopic (exact) mass is 902 g/mol. The molecule has 4 atom stereocenters. The highest BCUT2D eigenvalue weighted by Crippen LogP contribution is 2.63. The fraction of sp³-hybridized carbons (Fsp3) is 0.347. The zero-order chi connectivity index (χ0) is 44.8. The van der Waals surface area contributed by atoms with E-state index in [-0.39, 0.29) is 40.6 Å². The Morgan fingerprint density at radius 3 is 2.48 bits per heavy atom. The van der Waals surface area contributed by atoms with Gasteiger partial charge in [0.1, 0.15) is 17.3 Å². The second kappa shape index (κ2) is 17.5. The van der Waals surface area contributed by atoms with Gasteiger partial charge in [0.2, 0.25) is 23.6 Å². The molecule has 4 heterocycles. The highest BCUT2D eigenvalue weighted by atomic mass is 35.5. The molecule has 5 aliphatic rings. The minimum atomic E-state index is -1.36. The number of halogens is 3. The number of nitrogens with one attached hydrogen (secondary N) is 5. The second-order valence-corrected chi connectivity index (χ2v) is 18.0. The number of nitrogens with zero attached hydrogens (tertiary/aromatic N) is 1. The van der Waals surface area contributed by atoms with E-state index in [0.29, 0.717) is 84.7 Å². The van der Waals surface area contributed by atoms with Gasteiger partial charge in [0.15, 0.2) is 0 Å². The fourth-order valence-electron chi connectivity index (χ4n) is 10.6. The van der Waals surface area contributed by atoms with Crippen LogP contribution in [0.3, 0.4) is 0 Å². The van der Waals surface area contributed by atoms with Gasteiger partial charge in [0, 0.05) is 71.3 Å². The highest BCUT2D eigenvalue weighted by molar-refractivity contribution is 6.31. The molecule has 2 spiro atoms. The number of hydrogen-bond donors (Lipinski definition) is 5. The van der Waals surface area contributed by atoms with E-state index in [1.165, 1.54) is 11.0 Å². The summed E-state index contributed by atoms with van der Waals surface area (Å²) in [6, 6.07) is 20.3. The van der Waals surface area contributed by atoms with Crippen molar-refractivity contribution in [1.29, 1.82) is 0 Å². The molecular formula is C49H45Cl2FN6O6. The van der Waals surface area contributed by atoms with Crippen molar-refractivity contribution in [2.75, 3.05) is 17.2 Å². The molecule has 1 aliphatic carbocycles. The first kappa shape index (κ1) is 43.2. The molecule has 0 bridgehead atoms. The van der Waals surface area contributed by atoms with Crippen LogP contribution in [0.1, 0.15) is 107 Å². The number of amides is 6. The molecule has 9 rings (SSSR count). The molecule has 0 aromatic heterocycles. The van der Waals surface area contributed by atoms with Crippen molar-refractivity contribution in [1.82, 2.24) is 20.9 Å². The molecule has 5 N–H and O–H groups in total. The Kier molecular flexibility index (Phi) is 11.8. The van der Waals surface area contributed by atoms with E-state index in [1.54, 1.807) is 48.5 Å². The lowest BCUT2D eigenvalue weighted by atomic mass is 9.55. The van der Waals surface area contributed by atoms with Crippen LogP contribution >= 0.6 is 23.2 Å². The van der Waals surface area contributed by atoms with E-state index in [2.05, 4.69) is 38.4 Å². The molecular weight excluding hydrogens is 858 g/mol. The SMILES string of the molecule is O=C1CCC(N2Cc3ccc(CC#CCCCNC(=O)c4ccc(NC(=O)[C@@H]5NC6(CCCCC6)[C@@]6(C(=O)Nc7cc(Cl)ccc76)[C@H]5c5cccc(Cl)c5F)cc4)cc3C2=O)C(=O)N1. The number of unbranched alkanes of at least 4 members (excludes halogenated alkanes) is 1. The first-order chi connectivity index (χ1) is 30.9. The van der Waals surface area contributed by atoms with Crippen LogP contribution in [-0.2, 0) is 37.6 Å². The fourth-order valence-corrected chi connectivity index (χ4v) is 10.9. The van der Waals surface area contributed by atoms with Crippen molar-refractivity contribution >= 4 is 70.0 Å². The van der Waals surface area contributed by atoms with Crippen LogP contribution < -0.4 is 26.6 Å². The van der Waals surface area contributed by atoms with E-state index in [1.807, 2.05) is 24.3 Å². The number of anilines is 2. The van der Waals surface area contributed by atoms with Gasteiger partial charge in [-0.15, -0.1) is 5.92 Å². The standard InChI is InChI=1S/C49H45Cl2FN6O6/c50-31-16-19-35-37(26-31)55-47(64)49(35)40(33-10-8-11-36(51)41(33)52)42(57-48(49)22-5-3-6-23-48)45(62)54-32-17-14-29(15-18-32)43(60)53-24-7-2-1-4-9-28-12-13-30-27-58(46(63)34(30)25-28)38-20-21-39(59)56-44(38)61/h8,10-19,25-26,38,40,42,57H,2-3,5-7,9,20-24,27H2,(H,53,60)(H,54,62)(H,55,64)(H,56,59,61)/t38?,40-,42+,49+/m0/s1. The van der Waals surface area contributed by atoms with Crippen LogP contribution in [0, 0.1) is 17.7 Å². The number of hydrogen-bond acceptors (Lipinski definition) is 7. The highest BCUT2D eigenvalue weighted by Gasteiger charge is 2.72. The van der Waals surface area contributed by atoms with Gasteiger partial charge in [-0.3, -0.25) is 39.4 Å². The Morgan fingerprint density at radius 1 is 0.906 bits per heavy atom. The molecule has 0 radical (unpaired) electrons. The maximum Gasteiger partial charge on any atom is 0.255 e. The summed E-state index contributed by atoms with van der Waals surface area (Å²) >= 11 is 12.8. The summed E-state index contributed by atoms with van der Waals surface area (Å²) in [5.74, 6) is 2.54. The summed E-state index contributed by atoms with van der Waals surface area (Å²) in [5, 5.41) is 15.2. The van der Waals surface area contributed by atoms with E-state index in [4.69, 9.17) is 23.2 Å². The Balaban J connectivity index is 0.823. The summed E-state index contributed by atoms with van der Waals surface area (Å²) < 4.78 is 16.2. The van der Waals surface area contributed by atoms with Gasteiger partial charge < -0.3 is 20.9 Å². The summed E-state index contributed by atoms with van der Waals surface area (Å²) in [7, 11) is 0. The predicted molar refractivity (Wildman–Crippen MR) is 239 cm³/mol. The van der Waals surface area contributed by atoms with Gasteiger partial charge in [-0.05, 0) is 96.5 Å². The van der Waals surface area contributed by atoms with Crippen molar-refractivity contribution < 1.29 is 33.2 Å². The van der Waals surface area contributed by atoms with Gasteiger partial charge >= 0.3 is 0 Å². The van der Waals surface area contributed by atoms with Crippen molar-refractivity contribution in [3.05, 3.63) is 128 Å². The molecule has 15 heteroatoms. The molecule has 1 unspecified atom stereocenters. The number of piperidine rings is 1. The van der Waals surface area contributed by atoms with E-state index >= 15 is 4.39 Å². The number of carbonyl (C=O) groups is 6. The average molecular weight is 904 g/mol. The van der Waals surface area contributed by atoms with E-state index < -0.39 is 46.6 Å². The maximum absolute atomic E-state index is 16.2. The van der Waals surface area contributed by atoms with E-state index in [0.717, 1.165) is 30.4 Å².